The van der Waals surface area contributed by atoms with Crippen molar-refractivity contribution in [3.05, 3.63) is 0 Å². The molecule has 1 aliphatic heterocycles. The average molecular weight is 266 g/mol. The molecule has 0 bridgehead atoms. The fraction of sp³-hybridized carbons (Fsp3) is 0.867. The van der Waals surface area contributed by atoms with E-state index >= 15 is 0 Å². The Morgan fingerprint density at radius 1 is 1.26 bits per heavy atom. The maximum absolute atomic E-state index is 12.7. The molecular formula is C15H26N2O2. The third kappa shape index (κ3) is 3.28. The van der Waals surface area contributed by atoms with E-state index in [2.05, 4.69) is 19.2 Å². The molecule has 108 valence electrons. The van der Waals surface area contributed by atoms with Crippen LogP contribution in [0.2, 0.25) is 0 Å². The summed E-state index contributed by atoms with van der Waals surface area (Å²) in [5.41, 5.74) is 0. The number of hydrogen-bond donors (Lipinski definition) is 1. The molecule has 0 aromatic heterocycles. The van der Waals surface area contributed by atoms with Crippen LogP contribution in [0.15, 0.2) is 0 Å². The second kappa shape index (κ2) is 5.93. The van der Waals surface area contributed by atoms with Crippen molar-refractivity contribution in [3.63, 3.8) is 0 Å². The van der Waals surface area contributed by atoms with Crippen LogP contribution in [-0.2, 0) is 9.59 Å². The lowest BCUT2D eigenvalue weighted by Gasteiger charge is -2.34. The van der Waals surface area contributed by atoms with Gasteiger partial charge in [-0.25, -0.2) is 0 Å². The van der Waals surface area contributed by atoms with Crippen LogP contribution < -0.4 is 5.32 Å². The minimum atomic E-state index is -0.321. The van der Waals surface area contributed by atoms with Gasteiger partial charge in [0.05, 0.1) is 0 Å². The summed E-state index contributed by atoms with van der Waals surface area (Å²) in [5.74, 6) is 0.569. The summed E-state index contributed by atoms with van der Waals surface area (Å²) in [5, 5.41) is 2.91. The molecule has 1 N–H and O–H groups in total. The average Bonchev–Trinajstić information content (AvgIpc) is 2.77. The van der Waals surface area contributed by atoms with Gasteiger partial charge in [-0.1, -0.05) is 26.7 Å². The molecule has 0 radical (unpaired) electrons. The maximum atomic E-state index is 12.7. The number of amides is 2. The third-order valence-electron chi connectivity index (χ3n) is 4.27. The molecule has 2 rings (SSSR count). The minimum Gasteiger partial charge on any atom is -0.344 e. The number of nitrogens with zero attached hydrogens (tertiary/aromatic N) is 1. The molecule has 2 atom stereocenters. The Bertz CT molecular complexity index is 348. The van der Waals surface area contributed by atoms with Gasteiger partial charge in [-0.3, -0.25) is 9.59 Å². The second-order valence-corrected chi connectivity index (χ2v) is 6.49. The van der Waals surface area contributed by atoms with Crippen molar-refractivity contribution < 1.29 is 9.59 Å². The molecule has 19 heavy (non-hydrogen) atoms. The van der Waals surface area contributed by atoms with E-state index in [4.69, 9.17) is 0 Å². The van der Waals surface area contributed by atoms with Gasteiger partial charge in [-0.05, 0) is 32.1 Å². The van der Waals surface area contributed by atoms with Crippen molar-refractivity contribution in [2.24, 2.45) is 5.92 Å². The minimum absolute atomic E-state index is 0.0204. The van der Waals surface area contributed by atoms with E-state index in [0.717, 1.165) is 19.3 Å². The fourth-order valence-electron chi connectivity index (χ4n) is 3.43. The molecule has 1 saturated carbocycles. The number of hydrogen-bond acceptors (Lipinski definition) is 2. The summed E-state index contributed by atoms with van der Waals surface area (Å²) in [6, 6.07) is 0.0654. The first-order chi connectivity index (χ1) is 8.99. The van der Waals surface area contributed by atoms with E-state index in [9.17, 15) is 9.59 Å². The highest BCUT2D eigenvalue weighted by atomic mass is 16.2. The number of rotatable bonds is 3. The molecule has 0 aromatic carbocycles. The molecule has 0 aromatic rings. The number of carbonyl (C=O) groups excluding carboxylic acids is 2. The lowest BCUT2D eigenvalue weighted by Crippen LogP contribution is -2.50. The molecule has 0 spiro atoms. The van der Waals surface area contributed by atoms with Gasteiger partial charge in [0.15, 0.2) is 0 Å². The van der Waals surface area contributed by atoms with Crippen molar-refractivity contribution in [2.75, 3.05) is 0 Å². The monoisotopic (exact) mass is 266 g/mol. The molecule has 2 amide bonds. The van der Waals surface area contributed by atoms with E-state index in [0.29, 0.717) is 18.4 Å². The molecule has 2 aliphatic rings. The molecular weight excluding hydrogens is 240 g/mol. The molecule has 2 unspecified atom stereocenters. The number of carbonyl (C=O) groups is 2. The normalized spacial score (nSPS) is 29.8. The van der Waals surface area contributed by atoms with Gasteiger partial charge in [-0.2, -0.15) is 0 Å². The number of nitrogens with one attached hydrogen (secondary N) is 1. The standard InChI is InChI=1S/C15H26N2O2/c1-10(2)8-13-15(19)17(12-6-4-5-7-12)11(3)9-14(18)16-13/h10-13H,4-9H2,1-3H3,(H,16,18). The van der Waals surface area contributed by atoms with Crippen molar-refractivity contribution in [1.29, 1.82) is 0 Å². The largest absolute Gasteiger partial charge is 0.344 e. The van der Waals surface area contributed by atoms with Crippen LogP contribution in [0.1, 0.15) is 59.3 Å². The zero-order chi connectivity index (χ0) is 14.0. The van der Waals surface area contributed by atoms with Crippen molar-refractivity contribution >= 4 is 11.8 Å². The Morgan fingerprint density at radius 2 is 1.89 bits per heavy atom. The third-order valence-corrected chi connectivity index (χ3v) is 4.27. The Kier molecular flexibility index (Phi) is 4.48. The molecule has 4 heteroatoms. The molecule has 2 fully saturated rings. The van der Waals surface area contributed by atoms with Gasteiger partial charge < -0.3 is 10.2 Å². The fourth-order valence-corrected chi connectivity index (χ4v) is 3.43. The topological polar surface area (TPSA) is 49.4 Å². The van der Waals surface area contributed by atoms with Gasteiger partial charge in [-0.15, -0.1) is 0 Å². The van der Waals surface area contributed by atoms with Gasteiger partial charge in [0, 0.05) is 18.5 Å². The van der Waals surface area contributed by atoms with E-state index in [1.807, 2.05) is 11.8 Å². The summed E-state index contributed by atoms with van der Waals surface area (Å²) < 4.78 is 0. The van der Waals surface area contributed by atoms with Gasteiger partial charge in [0.2, 0.25) is 11.8 Å². The van der Waals surface area contributed by atoms with E-state index in [1.54, 1.807) is 0 Å². The Morgan fingerprint density at radius 3 is 2.47 bits per heavy atom. The first-order valence-electron chi connectivity index (χ1n) is 7.60. The van der Waals surface area contributed by atoms with Crippen LogP contribution >= 0.6 is 0 Å². The van der Waals surface area contributed by atoms with Crippen molar-refractivity contribution in [3.8, 4) is 0 Å². The lowest BCUT2D eigenvalue weighted by molar-refractivity contribution is -0.137. The Hall–Kier alpha value is -1.06. The summed E-state index contributed by atoms with van der Waals surface area (Å²) in [7, 11) is 0. The molecule has 1 heterocycles. The van der Waals surface area contributed by atoms with Gasteiger partial charge in [0.1, 0.15) is 6.04 Å². The van der Waals surface area contributed by atoms with Gasteiger partial charge >= 0.3 is 0 Å². The van der Waals surface area contributed by atoms with Crippen molar-refractivity contribution in [2.45, 2.75) is 77.4 Å². The van der Waals surface area contributed by atoms with E-state index < -0.39 is 0 Å². The van der Waals surface area contributed by atoms with Crippen LogP contribution in [0.5, 0.6) is 0 Å². The lowest BCUT2D eigenvalue weighted by atomic mass is 10.0. The smallest absolute Gasteiger partial charge is 0.245 e. The van der Waals surface area contributed by atoms with E-state index in [-0.39, 0.29) is 23.9 Å². The molecule has 1 aliphatic carbocycles. The summed E-state index contributed by atoms with van der Waals surface area (Å²) in [6.07, 6.45) is 5.78. The highest BCUT2D eigenvalue weighted by molar-refractivity contribution is 5.90. The highest BCUT2D eigenvalue weighted by Crippen LogP contribution is 2.28. The van der Waals surface area contributed by atoms with Crippen LogP contribution in [-0.4, -0.2) is 34.8 Å². The summed E-state index contributed by atoms with van der Waals surface area (Å²) >= 11 is 0. The zero-order valence-electron chi connectivity index (χ0n) is 12.3. The molecule has 1 saturated heterocycles. The predicted octanol–water partition coefficient (Wildman–Crippen LogP) is 2.08. The molecule has 4 nitrogen and oxygen atoms in total. The van der Waals surface area contributed by atoms with Gasteiger partial charge in [0.25, 0.3) is 0 Å². The maximum Gasteiger partial charge on any atom is 0.245 e. The SMILES string of the molecule is CC(C)CC1NC(=O)CC(C)N(C2CCCC2)C1=O. The van der Waals surface area contributed by atoms with E-state index in [1.165, 1.54) is 12.8 Å². The van der Waals surface area contributed by atoms with Crippen LogP contribution in [0.3, 0.4) is 0 Å². The predicted molar refractivity (Wildman–Crippen MR) is 74.6 cm³/mol. The second-order valence-electron chi connectivity index (χ2n) is 6.49. The first-order valence-corrected chi connectivity index (χ1v) is 7.60. The van der Waals surface area contributed by atoms with Crippen LogP contribution in [0.4, 0.5) is 0 Å². The Labute approximate surface area is 115 Å². The van der Waals surface area contributed by atoms with Crippen LogP contribution in [0.25, 0.3) is 0 Å². The zero-order valence-corrected chi connectivity index (χ0v) is 12.3. The highest BCUT2D eigenvalue weighted by Gasteiger charge is 2.38. The Balaban J connectivity index is 2.18. The summed E-state index contributed by atoms with van der Waals surface area (Å²) in [4.78, 5) is 26.6. The quantitative estimate of drug-likeness (QED) is 0.850. The first kappa shape index (κ1) is 14.4. The van der Waals surface area contributed by atoms with Crippen LogP contribution in [0, 0.1) is 5.92 Å². The van der Waals surface area contributed by atoms with Crippen molar-refractivity contribution in [1.82, 2.24) is 10.2 Å². The summed E-state index contributed by atoms with van der Waals surface area (Å²) in [6.45, 7) is 6.19.